The molecule has 1 aliphatic carbocycles. The van der Waals surface area contributed by atoms with Crippen molar-refractivity contribution in [2.75, 3.05) is 7.11 Å². The first kappa shape index (κ1) is 18.4. The summed E-state index contributed by atoms with van der Waals surface area (Å²) < 4.78 is 32.6. The molecular formula is C19H24N2O5S. The quantitative estimate of drug-likeness (QED) is 0.770. The average Bonchev–Trinajstić information content (AvgIpc) is 3.46. The zero-order chi connectivity index (χ0) is 19.2. The summed E-state index contributed by atoms with van der Waals surface area (Å²) in [7, 11) is -2.35. The van der Waals surface area contributed by atoms with Gasteiger partial charge in [0.1, 0.15) is 0 Å². The fraction of sp³-hybridized carbons (Fsp3) is 0.579. The number of benzene rings is 1. The van der Waals surface area contributed by atoms with Crippen molar-refractivity contribution in [2.24, 2.45) is 5.92 Å². The average molecular weight is 392 g/mol. The van der Waals surface area contributed by atoms with E-state index in [1.807, 2.05) is 0 Å². The van der Waals surface area contributed by atoms with Gasteiger partial charge >= 0.3 is 5.97 Å². The zero-order valence-electron chi connectivity index (χ0n) is 15.3. The molecule has 1 N–H and O–H groups in total. The normalized spacial score (nSPS) is 28.0. The van der Waals surface area contributed by atoms with Gasteiger partial charge in [0.2, 0.25) is 15.9 Å². The summed E-state index contributed by atoms with van der Waals surface area (Å²) in [4.78, 5) is 23.8. The van der Waals surface area contributed by atoms with E-state index in [0.717, 1.165) is 25.7 Å². The maximum Gasteiger partial charge on any atom is 0.337 e. The molecule has 1 aromatic rings. The van der Waals surface area contributed by atoms with Crippen LogP contribution in [0.5, 0.6) is 0 Å². The number of amides is 1. The third kappa shape index (κ3) is 3.48. The second-order valence-corrected chi connectivity index (χ2v) is 9.53. The number of carbonyl (C=O) groups is 2. The second-order valence-electron chi connectivity index (χ2n) is 7.69. The van der Waals surface area contributed by atoms with Crippen molar-refractivity contribution in [3.05, 3.63) is 29.8 Å². The lowest BCUT2D eigenvalue weighted by Gasteiger charge is -2.38. The van der Waals surface area contributed by atoms with Crippen molar-refractivity contribution in [3.63, 3.8) is 0 Å². The molecule has 27 heavy (non-hydrogen) atoms. The van der Waals surface area contributed by atoms with Crippen LogP contribution in [0.4, 0.5) is 0 Å². The van der Waals surface area contributed by atoms with E-state index < -0.39 is 16.0 Å². The largest absolute Gasteiger partial charge is 0.465 e. The van der Waals surface area contributed by atoms with Crippen LogP contribution < -0.4 is 5.32 Å². The Balaban J connectivity index is 1.49. The Morgan fingerprint density at radius 3 is 2.15 bits per heavy atom. The Bertz CT molecular complexity index is 833. The molecule has 7 nitrogen and oxygen atoms in total. The molecule has 1 amide bonds. The lowest BCUT2D eigenvalue weighted by molar-refractivity contribution is -0.123. The summed E-state index contributed by atoms with van der Waals surface area (Å²) in [6.07, 6.45) is 4.89. The van der Waals surface area contributed by atoms with Crippen LogP contribution in [-0.4, -0.2) is 49.8 Å². The Hall–Kier alpha value is -1.93. The molecule has 2 bridgehead atoms. The van der Waals surface area contributed by atoms with E-state index in [0.29, 0.717) is 18.4 Å². The van der Waals surface area contributed by atoms with E-state index in [-0.39, 0.29) is 34.8 Å². The minimum atomic E-state index is -3.63. The van der Waals surface area contributed by atoms with Crippen LogP contribution >= 0.6 is 0 Å². The Morgan fingerprint density at radius 1 is 1.04 bits per heavy atom. The smallest absolute Gasteiger partial charge is 0.337 e. The van der Waals surface area contributed by atoms with Crippen LogP contribution in [0.15, 0.2) is 29.2 Å². The standard InChI is InChI=1S/C19H24N2O5S/c1-26-19(23)13-4-8-17(9-5-13)27(24,25)21-15-6-7-16(21)11-14(10-15)20-18(22)12-2-3-12/h4-5,8-9,12,14-16H,2-3,6-7,10-11H2,1H3,(H,20,22)/t14?,15-,16+. The van der Waals surface area contributed by atoms with Crippen molar-refractivity contribution in [1.29, 1.82) is 0 Å². The number of nitrogens with one attached hydrogen (secondary N) is 1. The van der Waals surface area contributed by atoms with Crippen LogP contribution in [0.2, 0.25) is 0 Å². The highest BCUT2D eigenvalue weighted by atomic mass is 32.2. The van der Waals surface area contributed by atoms with Gasteiger partial charge in [-0.1, -0.05) is 0 Å². The van der Waals surface area contributed by atoms with E-state index in [1.54, 1.807) is 4.31 Å². The first-order chi connectivity index (χ1) is 12.9. The van der Waals surface area contributed by atoms with Gasteiger partial charge in [-0.25, -0.2) is 13.2 Å². The molecule has 8 heteroatoms. The Labute approximate surface area is 159 Å². The van der Waals surface area contributed by atoms with Gasteiger partial charge in [-0.15, -0.1) is 0 Å². The van der Waals surface area contributed by atoms with Gasteiger partial charge in [-0.2, -0.15) is 4.31 Å². The summed E-state index contributed by atoms with van der Waals surface area (Å²) in [6.45, 7) is 0. The molecule has 3 aliphatic rings. The fourth-order valence-corrected chi connectivity index (χ4v) is 6.20. The van der Waals surface area contributed by atoms with Crippen molar-refractivity contribution in [3.8, 4) is 0 Å². The molecule has 1 saturated carbocycles. The molecular weight excluding hydrogens is 368 g/mol. The lowest BCUT2D eigenvalue weighted by Crippen LogP contribution is -2.52. The first-order valence-electron chi connectivity index (χ1n) is 9.42. The number of esters is 1. The molecule has 1 unspecified atom stereocenters. The summed E-state index contributed by atoms with van der Waals surface area (Å²) in [5, 5.41) is 3.11. The summed E-state index contributed by atoms with van der Waals surface area (Å²) in [5.74, 6) is -0.210. The number of hydrogen-bond acceptors (Lipinski definition) is 5. The van der Waals surface area contributed by atoms with Crippen molar-refractivity contribution in [1.82, 2.24) is 9.62 Å². The van der Waals surface area contributed by atoms with Gasteiger partial charge in [0.05, 0.1) is 17.6 Å². The van der Waals surface area contributed by atoms with Crippen LogP contribution in [-0.2, 0) is 19.6 Å². The highest BCUT2D eigenvalue weighted by Crippen LogP contribution is 2.40. The topological polar surface area (TPSA) is 92.8 Å². The molecule has 2 heterocycles. The van der Waals surface area contributed by atoms with E-state index in [2.05, 4.69) is 10.1 Å². The SMILES string of the molecule is COC(=O)c1ccc(S(=O)(=O)N2[C@@H]3CC[C@H]2CC(NC(=O)C2CC2)C3)cc1. The molecule has 2 aliphatic heterocycles. The molecule has 146 valence electrons. The zero-order valence-corrected chi connectivity index (χ0v) is 16.1. The second kappa shape index (κ2) is 6.91. The number of nitrogens with zero attached hydrogens (tertiary/aromatic N) is 1. The van der Waals surface area contributed by atoms with Crippen LogP contribution in [0.1, 0.15) is 48.9 Å². The number of ether oxygens (including phenoxy) is 1. The monoisotopic (exact) mass is 392 g/mol. The highest BCUT2D eigenvalue weighted by Gasteiger charge is 2.47. The predicted molar refractivity (Wildman–Crippen MR) is 97.5 cm³/mol. The van der Waals surface area contributed by atoms with E-state index in [4.69, 9.17) is 0 Å². The van der Waals surface area contributed by atoms with Gasteiger partial charge in [0.25, 0.3) is 0 Å². The molecule has 3 fully saturated rings. The van der Waals surface area contributed by atoms with Crippen LogP contribution in [0.3, 0.4) is 0 Å². The fourth-order valence-electron chi connectivity index (χ4n) is 4.31. The van der Waals surface area contributed by atoms with Gasteiger partial charge in [-0.05, 0) is 62.8 Å². The summed E-state index contributed by atoms with van der Waals surface area (Å²) >= 11 is 0. The minimum Gasteiger partial charge on any atom is -0.465 e. The molecule has 0 aromatic heterocycles. The van der Waals surface area contributed by atoms with Gasteiger partial charge in [-0.3, -0.25) is 4.79 Å². The van der Waals surface area contributed by atoms with Crippen molar-refractivity contribution >= 4 is 21.9 Å². The lowest BCUT2D eigenvalue weighted by atomic mass is 9.99. The van der Waals surface area contributed by atoms with E-state index in [1.165, 1.54) is 31.4 Å². The third-order valence-electron chi connectivity index (χ3n) is 5.81. The van der Waals surface area contributed by atoms with Gasteiger partial charge < -0.3 is 10.1 Å². The molecule has 1 aromatic carbocycles. The number of fused-ring (bicyclic) bond motifs is 2. The maximum absolute atomic E-state index is 13.2. The van der Waals surface area contributed by atoms with E-state index in [9.17, 15) is 18.0 Å². The molecule has 4 rings (SSSR count). The number of hydrogen-bond donors (Lipinski definition) is 1. The number of piperidine rings is 1. The Morgan fingerprint density at radius 2 is 1.63 bits per heavy atom. The summed E-state index contributed by atoms with van der Waals surface area (Å²) in [6, 6.07) is 5.76. The predicted octanol–water partition coefficient (Wildman–Crippen LogP) is 1.68. The molecule has 0 radical (unpaired) electrons. The number of methoxy groups -OCH3 is 1. The van der Waals surface area contributed by atoms with E-state index >= 15 is 0 Å². The first-order valence-corrected chi connectivity index (χ1v) is 10.9. The third-order valence-corrected chi connectivity index (χ3v) is 7.83. The highest BCUT2D eigenvalue weighted by molar-refractivity contribution is 7.89. The molecule has 3 atom stereocenters. The Kier molecular flexibility index (Phi) is 4.71. The van der Waals surface area contributed by atoms with Crippen molar-refractivity contribution in [2.45, 2.75) is 61.5 Å². The number of carbonyl (C=O) groups excluding carboxylic acids is 2. The maximum atomic E-state index is 13.2. The van der Waals surface area contributed by atoms with Gasteiger partial charge in [0.15, 0.2) is 0 Å². The van der Waals surface area contributed by atoms with Crippen LogP contribution in [0, 0.1) is 5.92 Å². The molecule has 2 saturated heterocycles. The van der Waals surface area contributed by atoms with Crippen LogP contribution in [0.25, 0.3) is 0 Å². The van der Waals surface area contributed by atoms with Crippen molar-refractivity contribution < 1.29 is 22.7 Å². The summed E-state index contributed by atoms with van der Waals surface area (Å²) in [5.41, 5.74) is 0.320. The minimum absolute atomic E-state index is 0.0590. The molecule has 0 spiro atoms. The number of rotatable bonds is 5. The van der Waals surface area contributed by atoms with Gasteiger partial charge in [0, 0.05) is 24.0 Å². The number of sulfonamides is 1.